The van der Waals surface area contributed by atoms with Gasteiger partial charge in [0.05, 0.1) is 0 Å². The molecule has 0 radical (unpaired) electrons. The number of amides is 3. The van der Waals surface area contributed by atoms with Crippen molar-refractivity contribution in [1.82, 2.24) is 24.9 Å². The summed E-state index contributed by atoms with van der Waals surface area (Å²) < 4.78 is 0. The molecule has 1 N–H and O–H groups in total. The van der Waals surface area contributed by atoms with Crippen LogP contribution in [0.5, 0.6) is 0 Å². The minimum absolute atomic E-state index is 0.267. The second kappa shape index (κ2) is 10.3. The lowest BCUT2D eigenvalue weighted by molar-refractivity contribution is -0.127. The summed E-state index contributed by atoms with van der Waals surface area (Å²) in [5, 5.41) is 3.25. The molecule has 184 valence electrons. The third-order valence-corrected chi connectivity index (χ3v) is 7.23. The maximum atomic E-state index is 12.9. The molecule has 0 aromatic heterocycles. The molecular weight excluding hydrogens is 464 g/mol. The molecule has 3 amide bonds. The van der Waals surface area contributed by atoms with E-state index in [0.29, 0.717) is 6.54 Å². The molecule has 5 rings (SSSR count). The number of hydrogen-bond donors (Lipinski definition) is 1. The van der Waals surface area contributed by atoms with E-state index >= 15 is 0 Å². The predicted octanol–water partition coefficient (Wildman–Crippen LogP) is 2.64. The van der Waals surface area contributed by atoms with Crippen molar-refractivity contribution in [2.45, 2.75) is 31.6 Å². The summed E-state index contributed by atoms with van der Waals surface area (Å²) in [4.78, 5) is 38.4. The SMILES string of the molecule is CN1C(=O)NC(=O)C2C1N=C(N1CCN(Cc3cccc(Cl)c3)CC1)N2CCCc1ccccc1. The van der Waals surface area contributed by atoms with Gasteiger partial charge in [-0.15, -0.1) is 0 Å². The van der Waals surface area contributed by atoms with Crippen LogP contribution < -0.4 is 5.32 Å². The van der Waals surface area contributed by atoms with Crippen LogP contribution in [0.25, 0.3) is 0 Å². The zero-order valence-corrected chi connectivity index (χ0v) is 20.7. The Morgan fingerprint density at radius 2 is 1.74 bits per heavy atom. The summed E-state index contributed by atoms with van der Waals surface area (Å²) in [5.74, 6) is 0.559. The number of likely N-dealkylation sites (N-methyl/N-ethyl adjacent to an activating group) is 1. The van der Waals surface area contributed by atoms with Crippen molar-refractivity contribution in [3.05, 3.63) is 70.7 Å². The van der Waals surface area contributed by atoms with Gasteiger partial charge >= 0.3 is 6.03 Å². The highest BCUT2D eigenvalue weighted by Crippen LogP contribution is 2.27. The van der Waals surface area contributed by atoms with E-state index in [1.165, 1.54) is 11.1 Å². The van der Waals surface area contributed by atoms with Crippen molar-refractivity contribution in [3.63, 3.8) is 0 Å². The zero-order chi connectivity index (χ0) is 24.4. The molecule has 0 aliphatic carbocycles. The Kier molecular flexibility index (Phi) is 6.92. The summed E-state index contributed by atoms with van der Waals surface area (Å²) in [6.45, 7) is 4.96. The van der Waals surface area contributed by atoms with Crippen LogP contribution in [0, 0.1) is 0 Å². The zero-order valence-electron chi connectivity index (χ0n) is 19.9. The lowest BCUT2D eigenvalue weighted by Crippen LogP contribution is -2.64. The molecule has 2 aromatic carbocycles. The van der Waals surface area contributed by atoms with Crippen molar-refractivity contribution >= 4 is 29.5 Å². The molecule has 8 nitrogen and oxygen atoms in total. The first-order valence-electron chi connectivity index (χ1n) is 12.2. The van der Waals surface area contributed by atoms with E-state index < -0.39 is 18.2 Å². The number of carbonyl (C=O) groups excluding carboxylic acids is 2. The molecule has 0 bridgehead atoms. The van der Waals surface area contributed by atoms with E-state index in [0.717, 1.165) is 56.5 Å². The van der Waals surface area contributed by atoms with Crippen LogP contribution in [0.2, 0.25) is 5.02 Å². The Labute approximate surface area is 211 Å². The van der Waals surface area contributed by atoms with Crippen LogP contribution in [0.1, 0.15) is 17.5 Å². The average Bonchev–Trinajstić information content (AvgIpc) is 3.24. The molecule has 2 atom stereocenters. The fraction of sp³-hybridized carbons (Fsp3) is 0.423. The van der Waals surface area contributed by atoms with Crippen LogP contribution in [0.15, 0.2) is 59.6 Å². The number of carbonyl (C=O) groups is 2. The average molecular weight is 495 g/mol. The highest BCUT2D eigenvalue weighted by atomic mass is 35.5. The number of halogens is 1. The number of imide groups is 1. The molecular formula is C26H31ClN6O2. The largest absolute Gasteiger partial charge is 0.340 e. The minimum atomic E-state index is -0.493. The van der Waals surface area contributed by atoms with Crippen molar-refractivity contribution < 1.29 is 9.59 Å². The number of rotatable bonds is 6. The van der Waals surface area contributed by atoms with Crippen molar-refractivity contribution in [1.29, 1.82) is 0 Å². The number of nitrogens with zero attached hydrogens (tertiary/aromatic N) is 5. The molecule has 35 heavy (non-hydrogen) atoms. The van der Waals surface area contributed by atoms with Gasteiger partial charge in [-0.2, -0.15) is 0 Å². The maximum absolute atomic E-state index is 12.9. The fourth-order valence-electron chi connectivity index (χ4n) is 5.11. The number of aliphatic imine (C=N–C) groups is 1. The highest BCUT2D eigenvalue weighted by molar-refractivity contribution is 6.30. The number of fused-ring (bicyclic) bond motifs is 1. The van der Waals surface area contributed by atoms with E-state index in [4.69, 9.17) is 16.6 Å². The van der Waals surface area contributed by atoms with Gasteiger partial charge in [0.25, 0.3) is 5.91 Å². The van der Waals surface area contributed by atoms with E-state index in [1.807, 2.05) is 36.4 Å². The van der Waals surface area contributed by atoms with Gasteiger partial charge in [-0.3, -0.25) is 15.0 Å². The Balaban J connectivity index is 1.27. The summed E-state index contributed by atoms with van der Waals surface area (Å²) in [5.41, 5.74) is 2.48. The second-order valence-electron chi connectivity index (χ2n) is 9.37. The van der Waals surface area contributed by atoms with E-state index in [2.05, 4.69) is 38.2 Å². The Morgan fingerprint density at radius 1 is 1.00 bits per heavy atom. The van der Waals surface area contributed by atoms with Gasteiger partial charge in [0.15, 0.2) is 18.2 Å². The van der Waals surface area contributed by atoms with Gasteiger partial charge in [0.1, 0.15) is 0 Å². The molecule has 3 aliphatic heterocycles. The third kappa shape index (κ3) is 5.13. The number of aryl methyl sites for hydroxylation is 1. The van der Waals surface area contributed by atoms with Gasteiger partial charge in [0, 0.05) is 51.3 Å². The Morgan fingerprint density at radius 3 is 2.49 bits per heavy atom. The van der Waals surface area contributed by atoms with E-state index in [1.54, 1.807) is 11.9 Å². The number of urea groups is 1. The normalized spacial score (nSPS) is 22.8. The van der Waals surface area contributed by atoms with E-state index in [-0.39, 0.29) is 5.91 Å². The first-order chi connectivity index (χ1) is 17.0. The van der Waals surface area contributed by atoms with Crippen LogP contribution in [-0.4, -0.2) is 89.5 Å². The van der Waals surface area contributed by atoms with Gasteiger partial charge in [-0.25, -0.2) is 9.79 Å². The number of nitrogens with one attached hydrogen (secondary N) is 1. The molecule has 0 saturated carbocycles. The van der Waals surface area contributed by atoms with Gasteiger partial charge in [-0.05, 0) is 36.1 Å². The first-order valence-corrected chi connectivity index (χ1v) is 12.5. The number of guanidine groups is 1. The van der Waals surface area contributed by atoms with Crippen LogP contribution in [0.4, 0.5) is 4.79 Å². The van der Waals surface area contributed by atoms with Crippen molar-refractivity contribution in [3.8, 4) is 0 Å². The van der Waals surface area contributed by atoms with Crippen molar-refractivity contribution in [2.75, 3.05) is 39.8 Å². The first kappa shape index (κ1) is 23.6. The van der Waals surface area contributed by atoms with Crippen LogP contribution >= 0.6 is 11.6 Å². The number of piperazine rings is 1. The van der Waals surface area contributed by atoms with E-state index in [9.17, 15) is 9.59 Å². The van der Waals surface area contributed by atoms with Crippen molar-refractivity contribution in [2.24, 2.45) is 4.99 Å². The van der Waals surface area contributed by atoms with Gasteiger partial charge < -0.3 is 14.7 Å². The summed E-state index contributed by atoms with van der Waals surface area (Å²) >= 11 is 6.15. The highest BCUT2D eigenvalue weighted by Gasteiger charge is 2.49. The molecule has 0 spiro atoms. The van der Waals surface area contributed by atoms with Gasteiger partial charge in [0.2, 0.25) is 0 Å². The van der Waals surface area contributed by atoms with Crippen LogP contribution in [0.3, 0.4) is 0 Å². The minimum Gasteiger partial charge on any atom is -0.340 e. The lowest BCUT2D eigenvalue weighted by atomic mass is 10.1. The Hall–Kier alpha value is -3.10. The molecule has 2 fully saturated rings. The molecule has 2 aromatic rings. The summed E-state index contributed by atoms with van der Waals surface area (Å²) in [6.07, 6.45) is 1.32. The quantitative estimate of drug-likeness (QED) is 0.668. The molecule has 2 saturated heterocycles. The molecule has 3 aliphatic rings. The monoisotopic (exact) mass is 494 g/mol. The molecule has 2 unspecified atom stereocenters. The maximum Gasteiger partial charge on any atom is 0.325 e. The van der Waals surface area contributed by atoms with Gasteiger partial charge in [-0.1, -0.05) is 54.1 Å². The Bertz CT molecular complexity index is 1100. The summed E-state index contributed by atoms with van der Waals surface area (Å²) in [7, 11) is 1.71. The standard InChI is InChI=1S/C26H31ClN6O2/c1-30-23-22(24(34)29-26(30)35)33(12-6-10-19-7-3-2-4-8-19)25(28-23)32-15-13-31(14-16-32)18-20-9-5-11-21(27)17-20/h2-5,7-9,11,17,22-23H,6,10,12-16,18H2,1H3,(H,29,34,35). The topological polar surface area (TPSA) is 71.5 Å². The smallest absolute Gasteiger partial charge is 0.325 e. The number of hydrogen-bond acceptors (Lipinski definition) is 6. The second-order valence-corrected chi connectivity index (χ2v) is 9.80. The third-order valence-electron chi connectivity index (χ3n) is 7.00. The summed E-state index contributed by atoms with van der Waals surface area (Å²) in [6, 6.07) is 17.5. The lowest BCUT2D eigenvalue weighted by Gasteiger charge is -2.40. The molecule has 3 heterocycles. The van der Waals surface area contributed by atoms with Crippen LogP contribution in [-0.2, 0) is 17.8 Å². The number of benzene rings is 2. The molecule has 9 heteroatoms. The predicted molar refractivity (Wildman–Crippen MR) is 136 cm³/mol. The fourth-order valence-corrected chi connectivity index (χ4v) is 5.32.